The summed E-state index contributed by atoms with van der Waals surface area (Å²) in [6, 6.07) is 4.67. The van der Waals surface area contributed by atoms with Crippen LogP contribution in [0.25, 0.3) is 0 Å². The Kier molecular flexibility index (Phi) is 4.46. The van der Waals surface area contributed by atoms with Crippen molar-refractivity contribution in [3.8, 4) is 5.75 Å². The first-order valence-corrected chi connectivity index (χ1v) is 6.59. The van der Waals surface area contributed by atoms with Gasteiger partial charge in [-0.25, -0.2) is 4.79 Å². The highest BCUT2D eigenvalue weighted by molar-refractivity contribution is 5.72. The second-order valence-electron chi connectivity index (χ2n) is 4.70. The lowest BCUT2D eigenvalue weighted by molar-refractivity contribution is -0.384. The van der Waals surface area contributed by atoms with E-state index in [0.717, 1.165) is 0 Å². The number of para-hydroxylation sites is 1. The number of ether oxygens (including phenoxy) is 1. The number of hydrogen-bond donors (Lipinski definition) is 1. The van der Waals surface area contributed by atoms with Crippen LogP contribution in [0.15, 0.2) is 18.2 Å². The number of rotatable bonds is 3. The number of carbonyl (C=O) groups is 1. The van der Waals surface area contributed by atoms with Gasteiger partial charge in [-0.05, 0) is 12.5 Å². The third-order valence-corrected chi connectivity index (χ3v) is 3.48. The van der Waals surface area contributed by atoms with Crippen molar-refractivity contribution in [3.05, 3.63) is 28.3 Å². The van der Waals surface area contributed by atoms with Crippen molar-refractivity contribution >= 4 is 17.5 Å². The van der Waals surface area contributed by atoms with E-state index in [0.29, 0.717) is 44.0 Å². The first kappa shape index (κ1) is 14.9. The maximum Gasteiger partial charge on any atom is 0.407 e. The molecule has 0 atom stereocenters. The van der Waals surface area contributed by atoms with Crippen LogP contribution in [-0.4, -0.2) is 54.3 Å². The molecule has 1 amide bonds. The van der Waals surface area contributed by atoms with Gasteiger partial charge in [0.1, 0.15) is 5.75 Å². The lowest BCUT2D eigenvalue weighted by Crippen LogP contribution is -2.34. The molecule has 0 bridgehead atoms. The molecule has 8 heteroatoms. The van der Waals surface area contributed by atoms with Gasteiger partial charge in [0.2, 0.25) is 0 Å². The minimum absolute atomic E-state index is 0.0295. The normalized spacial score (nSPS) is 15.5. The number of hydrogen-bond acceptors (Lipinski definition) is 5. The number of nitro benzene ring substituents is 1. The van der Waals surface area contributed by atoms with Crippen molar-refractivity contribution in [2.75, 3.05) is 38.2 Å². The first-order valence-electron chi connectivity index (χ1n) is 6.59. The van der Waals surface area contributed by atoms with Crippen molar-refractivity contribution in [2.24, 2.45) is 0 Å². The maximum atomic E-state index is 11.2. The second kappa shape index (κ2) is 6.29. The summed E-state index contributed by atoms with van der Waals surface area (Å²) in [5.41, 5.74) is 0.385. The Balaban J connectivity index is 2.32. The summed E-state index contributed by atoms with van der Waals surface area (Å²) in [7, 11) is 1.46. The Morgan fingerprint density at radius 3 is 2.71 bits per heavy atom. The van der Waals surface area contributed by atoms with Crippen LogP contribution in [0.3, 0.4) is 0 Å². The average molecular weight is 295 g/mol. The van der Waals surface area contributed by atoms with E-state index >= 15 is 0 Å². The van der Waals surface area contributed by atoms with Crippen molar-refractivity contribution < 1.29 is 19.6 Å². The van der Waals surface area contributed by atoms with Crippen molar-refractivity contribution in [3.63, 3.8) is 0 Å². The predicted molar refractivity (Wildman–Crippen MR) is 76.1 cm³/mol. The molecule has 114 valence electrons. The summed E-state index contributed by atoms with van der Waals surface area (Å²) in [6.07, 6.45) is -0.354. The van der Waals surface area contributed by atoms with Crippen molar-refractivity contribution in [2.45, 2.75) is 6.42 Å². The molecule has 0 radical (unpaired) electrons. The van der Waals surface area contributed by atoms with Crippen molar-refractivity contribution in [1.29, 1.82) is 0 Å². The fourth-order valence-corrected chi connectivity index (χ4v) is 2.47. The fourth-order valence-electron chi connectivity index (χ4n) is 2.47. The van der Waals surface area contributed by atoms with Gasteiger partial charge in [-0.1, -0.05) is 6.07 Å². The molecule has 8 nitrogen and oxygen atoms in total. The van der Waals surface area contributed by atoms with E-state index in [4.69, 9.17) is 9.84 Å². The van der Waals surface area contributed by atoms with Crippen molar-refractivity contribution in [1.82, 2.24) is 4.90 Å². The number of nitrogens with zero attached hydrogens (tertiary/aromatic N) is 3. The quantitative estimate of drug-likeness (QED) is 0.674. The summed E-state index contributed by atoms with van der Waals surface area (Å²) in [6.45, 7) is 1.68. The minimum atomic E-state index is -0.966. The van der Waals surface area contributed by atoms with E-state index in [9.17, 15) is 14.9 Å². The fraction of sp³-hybridized carbons (Fsp3) is 0.462. The SMILES string of the molecule is COc1cccc([N+](=O)[O-])c1N1CCCN(C(=O)O)CC1. The molecular formula is C13H17N3O5. The average Bonchev–Trinajstić information content (AvgIpc) is 2.72. The van der Waals surface area contributed by atoms with E-state index in [1.165, 1.54) is 18.1 Å². The molecule has 1 aliphatic heterocycles. The van der Waals surface area contributed by atoms with Crippen LogP contribution < -0.4 is 9.64 Å². The monoisotopic (exact) mass is 295 g/mol. The van der Waals surface area contributed by atoms with Gasteiger partial charge >= 0.3 is 6.09 Å². The molecule has 0 aromatic heterocycles. The van der Waals surface area contributed by atoms with Gasteiger partial charge in [0.05, 0.1) is 12.0 Å². The van der Waals surface area contributed by atoms with Crippen LogP contribution in [0.5, 0.6) is 5.75 Å². The van der Waals surface area contributed by atoms with Gasteiger partial charge in [0.25, 0.3) is 5.69 Å². The second-order valence-corrected chi connectivity index (χ2v) is 4.70. The molecular weight excluding hydrogens is 278 g/mol. The number of nitro groups is 1. The molecule has 1 fully saturated rings. The van der Waals surface area contributed by atoms with E-state index in [-0.39, 0.29) is 5.69 Å². The summed E-state index contributed by atoms with van der Waals surface area (Å²) in [4.78, 5) is 24.9. The van der Waals surface area contributed by atoms with E-state index in [1.807, 2.05) is 4.90 Å². The van der Waals surface area contributed by atoms with Gasteiger partial charge in [-0.3, -0.25) is 10.1 Å². The molecule has 0 saturated carbocycles. The molecule has 1 aliphatic rings. The van der Waals surface area contributed by atoms with Crippen LogP contribution in [0.1, 0.15) is 6.42 Å². The zero-order chi connectivity index (χ0) is 15.4. The molecule has 1 aromatic carbocycles. The van der Waals surface area contributed by atoms with Crippen LogP contribution >= 0.6 is 0 Å². The molecule has 0 aliphatic carbocycles. The first-order chi connectivity index (χ1) is 10.0. The highest BCUT2D eigenvalue weighted by Gasteiger charge is 2.26. The summed E-state index contributed by atoms with van der Waals surface area (Å²) < 4.78 is 5.23. The van der Waals surface area contributed by atoms with Crippen LogP contribution in [0.4, 0.5) is 16.2 Å². The summed E-state index contributed by atoms with van der Waals surface area (Å²) >= 11 is 0. The number of methoxy groups -OCH3 is 1. The molecule has 1 saturated heterocycles. The predicted octanol–water partition coefficient (Wildman–Crippen LogP) is 1.79. The molecule has 2 rings (SSSR count). The van der Waals surface area contributed by atoms with Gasteiger partial charge < -0.3 is 19.6 Å². The Labute approximate surface area is 121 Å². The van der Waals surface area contributed by atoms with Gasteiger partial charge in [-0.15, -0.1) is 0 Å². The van der Waals surface area contributed by atoms with Crippen LogP contribution in [-0.2, 0) is 0 Å². The summed E-state index contributed by atoms with van der Waals surface area (Å²) in [5.74, 6) is 0.424. The van der Waals surface area contributed by atoms with E-state index in [1.54, 1.807) is 12.1 Å². The largest absolute Gasteiger partial charge is 0.494 e. The summed E-state index contributed by atoms with van der Waals surface area (Å²) in [5, 5.41) is 20.2. The molecule has 1 aromatic rings. The number of anilines is 1. The van der Waals surface area contributed by atoms with Crippen LogP contribution in [0.2, 0.25) is 0 Å². The molecule has 1 heterocycles. The van der Waals surface area contributed by atoms with Gasteiger partial charge in [0.15, 0.2) is 5.69 Å². The lowest BCUT2D eigenvalue weighted by Gasteiger charge is -2.24. The lowest BCUT2D eigenvalue weighted by atomic mass is 10.2. The Morgan fingerprint density at radius 1 is 1.33 bits per heavy atom. The highest BCUT2D eigenvalue weighted by Crippen LogP contribution is 2.37. The number of carboxylic acid groups (broad SMARTS) is 1. The van der Waals surface area contributed by atoms with Gasteiger partial charge in [-0.2, -0.15) is 0 Å². The standard InChI is InChI=1S/C13H17N3O5/c1-21-11-5-2-4-10(16(19)20)12(11)14-6-3-7-15(9-8-14)13(17)18/h2,4-5H,3,6-9H2,1H3,(H,17,18). The van der Waals surface area contributed by atoms with Gasteiger partial charge in [0, 0.05) is 32.2 Å². The smallest absolute Gasteiger partial charge is 0.407 e. The molecule has 21 heavy (non-hydrogen) atoms. The van der Waals surface area contributed by atoms with E-state index < -0.39 is 11.0 Å². The topological polar surface area (TPSA) is 96.2 Å². The highest BCUT2D eigenvalue weighted by atomic mass is 16.6. The maximum absolute atomic E-state index is 11.2. The molecule has 0 unspecified atom stereocenters. The zero-order valence-corrected chi connectivity index (χ0v) is 11.7. The van der Waals surface area contributed by atoms with E-state index in [2.05, 4.69) is 0 Å². The molecule has 0 spiro atoms. The number of benzene rings is 1. The zero-order valence-electron chi connectivity index (χ0n) is 11.7. The minimum Gasteiger partial charge on any atom is -0.494 e. The Morgan fingerprint density at radius 2 is 2.10 bits per heavy atom. The molecule has 1 N–H and O–H groups in total. The Bertz CT molecular complexity index is 549. The van der Waals surface area contributed by atoms with Crippen LogP contribution in [0, 0.1) is 10.1 Å². The Hall–Kier alpha value is -2.51. The third-order valence-electron chi connectivity index (χ3n) is 3.48. The third kappa shape index (κ3) is 3.15. The number of amides is 1.